The molecule has 0 saturated heterocycles. The molecule has 0 aliphatic heterocycles. The number of hydrogen-bond donors (Lipinski definition) is 1. The molecule has 3 nitrogen and oxygen atoms in total. The molecule has 0 aromatic heterocycles. The second-order valence-corrected chi connectivity index (χ2v) is 6.55. The number of aliphatic hydroxyl groups excluding tert-OH is 1. The highest BCUT2D eigenvalue weighted by atomic mass is 16.5. The number of aliphatic hydroxyl groups is 1. The summed E-state index contributed by atoms with van der Waals surface area (Å²) in [7, 11) is 1.69. The molecule has 2 aliphatic rings. The quantitative estimate of drug-likeness (QED) is 0.873. The van der Waals surface area contributed by atoms with Crippen LogP contribution in [0.3, 0.4) is 0 Å². The molecule has 1 saturated carbocycles. The minimum absolute atomic E-state index is 0.269. The van der Waals surface area contributed by atoms with Crippen LogP contribution < -0.4 is 4.74 Å². The van der Waals surface area contributed by atoms with Gasteiger partial charge in [0.1, 0.15) is 5.75 Å². The maximum atomic E-state index is 10.9. The van der Waals surface area contributed by atoms with Crippen molar-refractivity contribution in [1.29, 1.82) is 0 Å². The highest BCUT2D eigenvalue weighted by molar-refractivity contribution is 5.39. The van der Waals surface area contributed by atoms with E-state index in [-0.39, 0.29) is 12.1 Å². The SMILES string of the molecule is CCCN(CC1CC1)C1CCc2ccc(OC)cc2C1O. The molecule has 1 aromatic carbocycles. The molecule has 1 N–H and O–H groups in total. The van der Waals surface area contributed by atoms with Crippen molar-refractivity contribution < 1.29 is 9.84 Å². The molecule has 0 bridgehead atoms. The van der Waals surface area contributed by atoms with E-state index in [2.05, 4.69) is 17.9 Å². The molecule has 116 valence electrons. The van der Waals surface area contributed by atoms with E-state index in [4.69, 9.17) is 4.74 Å². The van der Waals surface area contributed by atoms with Crippen LogP contribution in [0.25, 0.3) is 0 Å². The molecular weight excluding hydrogens is 262 g/mol. The fourth-order valence-electron chi connectivity index (χ4n) is 3.57. The van der Waals surface area contributed by atoms with E-state index in [1.54, 1.807) is 7.11 Å². The van der Waals surface area contributed by atoms with Crippen LogP contribution >= 0.6 is 0 Å². The van der Waals surface area contributed by atoms with Gasteiger partial charge < -0.3 is 9.84 Å². The summed E-state index contributed by atoms with van der Waals surface area (Å²) in [5.74, 6) is 1.72. The molecular formula is C18H27NO2. The zero-order chi connectivity index (χ0) is 14.8. The molecule has 2 atom stereocenters. The molecule has 1 aromatic rings. The van der Waals surface area contributed by atoms with Gasteiger partial charge in [0.2, 0.25) is 0 Å². The van der Waals surface area contributed by atoms with Gasteiger partial charge in [-0.05, 0) is 67.8 Å². The zero-order valence-electron chi connectivity index (χ0n) is 13.2. The predicted molar refractivity (Wildman–Crippen MR) is 84.7 cm³/mol. The van der Waals surface area contributed by atoms with E-state index in [9.17, 15) is 5.11 Å². The van der Waals surface area contributed by atoms with E-state index in [0.29, 0.717) is 0 Å². The number of hydrogen-bond acceptors (Lipinski definition) is 3. The van der Waals surface area contributed by atoms with Gasteiger partial charge in [0.15, 0.2) is 0 Å². The van der Waals surface area contributed by atoms with Gasteiger partial charge >= 0.3 is 0 Å². The molecule has 3 heteroatoms. The van der Waals surface area contributed by atoms with Crippen molar-refractivity contribution >= 4 is 0 Å². The van der Waals surface area contributed by atoms with E-state index in [0.717, 1.165) is 49.6 Å². The molecule has 0 spiro atoms. The summed E-state index contributed by atoms with van der Waals surface area (Å²) >= 11 is 0. The number of aryl methyl sites for hydroxylation is 1. The second-order valence-electron chi connectivity index (χ2n) is 6.55. The first kappa shape index (κ1) is 14.9. The van der Waals surface area contributed by atoms with E-state index in [1.807, 2.05) is 12.1 Å². The Kier molecular flexibility index (Phi) is 4.51. The van der Waals surface area contributed by atoms with Gasteiger partial charge in [-0.25, -0.2) is 0 Å². The molecule has 0 heterocycles. The summed E-state index contributed by atoms with van der Waals surface area (Å²) in [4.78, 5) is 2.53. The summed E-state index contributed by atoms with van der Waals surface area (Å²) in [5, 5.41) is 10.9. The first-order valence-electron chi connectivity index (χ1n) is 8.31. The van der Waals surface area contributed by atoms with Crippen molar-refractivity contribution in [2.24, 2.45) is 5.92 Å². The third-order valence-electron chi connectivity index (χ3n) is 4.92. The van der Waals surface area contributed by atoms with E-state index < -0.39 is 0 Å². The van der Waals surface area contributed by atoms with Crippen LogP contribution in [-0.2, 0) is 6.42 Å². The average molecular weight is 289 g/mol. The van der Waals surface area contributed by atoms with Crippen LogP contribution in [0.2, 0.25) is 0 Å². The van der Waals surface area contributed by atoms with Crippen LogP contribution in [0.5, 0.6) is 5.75 Å². The Hall–Kier alpha value is -1.06. The molecule has 2 unspecified atom stereocenters. The Morgan fingerprint density at radius 3 is 2.76 bits per heavy atom. The first-order chi connectivity index (χ1) is 10.2. The van der Waals surface area contributed by atoms with Gasteiger partial charge in [0.25, 0.3) is 0 Å². The number of methoxy groups -OCH3 is 1. The van der Waals surface area contributed by atoms with Crippen molar-refractivity contribution in [3.63, 3.8) is 0 Å². The van der Waals surface area contributed by atoms with Crippen LogP contribution in [0.4, 0.5) is 0 Å². The maximum absolute atomic E-state index is 10.9. The Balaban J connectivity index is 1.79. The third kappa shape index (κ3) is 3.24. The van der Waals surface area contributed by atoms with Crippen LogP contribution in [-0.4, -0.2) is 36.2 Å². The Morgan fingerprint density at radius 2 is 2.10 bits per heavy atom. The Labute approximate surface area is 127 Å². The summed E-state index contributed by atoms with van der Waals surface area (Å²) < 4.78 is 5.32. The minimum atomic E-state index is -0.380. The standard InChI is InChI=1S/C18H27NO2/c1-3-10-19(12-13-4-5-13)17-9-7-14-6-8-15(21-2)11-16(14)18(17)20/h6,8,11,13,17-18,20H,3-5,7,9-10,12H2,1-2H3. The van der Waals surface area contributed by atoms with Crippen molar-refractivity contribution in [3.8, 4) is 5.75 Å². The maximum Gasteiger partial charge on any atom is 0.119 e. The molecule has 3 rings (SSSR count). The van der Waals surface area contributed by atoms with E-state index >= 15 is 0 Å². The van der Waals surface area contributed by atoms with Gasteiger partial charge in [0, 0.05) is 12.6 Å². The highest BCUT2D eigenvalue weighted by Crippen LogP contribution is 2.37. The number of fused-ring (bicyclic) bond motifs is 1. The largest absolute Gasteiger partial charge is 0.497 e. The third-order valence-corrected chi connectivity index (χ3v) is 4.92. The van der Waals surface area contributed by atoms with Gasteiger partial charge in [-0.15, -0.1) is 0 Å². The normalized spacial score (nSPS) is 25.0. The van der Waals surface area contributed by atoms with Crippen molar-refractivity contribution in [2.75, 3.05) is 20.2 Å². The molecule has 2 aliphatic carbocycles. The van der Waals surface area contributed by atoms with E-state index in [1.165, 1.54) is 18.4 Å². The van der Waals surface area contributed by atoms with Crippen LogP contribution in [0, 0.1) is 5.92 Å². The molecule has 1 fully saturated rings. The molecule has 0 radical (unpaired) electrons. The summed E-state index contributed by atoms with van der Waals surface area (Å²) in [5.41, 5.74) is 2.35. The number of benzene rings is 1. The van der Waals surface area contributed by atoms with Crippen molar-refractivity contribution in [1.82, 2.24) is 4.90 Å². The smallest absolute Gasteiger partial charge is 0.119 e. The average Bonchev–Trinajstić information content (AvgIpc) is 3.31. The summed E-state index contributed by atoms with van der Waals surface area (Å²) in [6, 6.07) is 6.40. The molecule has 0 amide bonds. The topological polar surface area (TPSA) is 32.7 Å². The molecule has 21 heavy (non-hydrogen) atoms. The lowest BCUT2D eigenvalue weighted by Gasteiger charge is -2.39. The van der Waals surface area contributed by atoms with Crippen LogP contribution in [0.1, 0.15) is 49.8 Å². The first-order valence-corrected chi connectivity index (χ1v) is 8.31. The lowest BCUT2D eigenvalue weighted by molar-refractivity contribution is 0.0331. The van der Waals surface area contributed by atoms with Gasteiger partial charge in [-0.1, -0.05) is 13.0 Å². The van der Waals surface area contributed by atoms with Gasteiger partial charge in [-0.3, -0.25) is 4.90 Å². The minimum Gasteiger partial charge on any atom is -0.497 e. The lowest BCUT2D eigenvalue weighted by Crippen LogP contribution is -2.43. The number of ether oxygens (including phenoxy) is 1. The number of nitrogens with zero attached hydrogens (tertiary/aromatic N) is 1. The Bertz CT molecular complexity index is 484. The monoisotopic (exact) mass is 289 g/mol. The lowest BCUT2D eigenvalue weighted by atomic mass is 9.84. The fourth-order valence-corrected chi connectivity index (χ4v) is 3.57. The van der Waals surface area contributed by atoms with Crippen molar-refractivity contribution in [2.45, 2.75) is 51.2 Å². The van der Waals surface area contributed by atoms with Gasteiger partial charge in [0.05, 0.1) is 13.2 Å². The van der Waals surface area contributed by atoms with Crippen LogP contribution in [0.15, 0.2) is 18.2 Å². The second kappa shape index (κ2) is 6.37. The van der Waals surface area contributed by atoms with Gasteiger partial charge in [-0.2, -0.15) is 0 Å². The summed E-state index contributed by atoms with van der Waals surface area (Å²) in [6.07, 6.45) is 5.63. The Morgan fingerprint density at radius 1 is 1.29 bits per heavy atom. The van der Waals surface area contributed by atoms with Crippen molar-refractivity contribution in [3.05, 3.63) is 29.3 Å². The zero-order valence-corrected chi connectivity index (χ0v) is 13.2. The number of rotatable bonds is 6. The predicted octanol–water partition coefficient (Wildman–Crippen LogP) is 3.17. The highest BCUT2D eigenvalue weighted by Gasteiger charge is 2.35. The fraction of sp³-hybridized carbons (Fsp3) is 0.667. The summed E-state index contributed by atoms with van der Waals surface area (Å²) in [6.45, 7) is 4.48.